The summed E-state index contributed by atoms with van der Waals surface area (Å²) in [5, 5.41) is 12.2. The van der Waals surface area contributed by atoms with Crippen molar-refractivity contribution in [3.05, 3.63) is 96.6 Å². The van der Waals surface area contributed by atoms with E-state index in [9.17, 15) is 0 Å². The summed E-state index contributed by atoms with van der Waals surface area (Å²) in [6.45, 7) is 2.93. The molecule has 2 aromatic carbocycles. The second kappa shape index (κ2) is 11.1. The van der Waals surface area contributed by atoms with E-state index in [1.807, 2.05) is 61.6 Å². The summed E-state index contributed by atoms with van der Waals surface area (Å²) in [5.74, 6) is 3.20. The normalized spacial score (nSPS) is 14.4. The molecule has 10 nitrogen and oxygen atoms in total. The lowest BCUT2D eigenvalue weighted by atomic mass is 9.95. The highest BCUT2D eigenvalue weighted by Gasteiger charge is 2.24. The maximum Gasteiger partial charge on any atom is 0.254 e. The molecule has 42 heavy (non-hydrogen) atoms. The quantitative estimate of drug-likeness (QED) is 0.290. The first-order valence-electron chi connectivity index (χ1n) is 14.3. The van der Waals surface area contributed by atoms with Crippen molar-refractivity contribution in [2.45, 2.75) is 25.3 Å². The van der Waals surface area contributed by atoms with Crippen LogP contribution >= 0.6 is 0 Å². The zero-order chi connectivity index (χ0) is 28.5. The van der Waals surface area contributed by atoms with Gasteiger partial charge in [-0.25, -0.2) is 14.5 Å². The molecule has 0 saturated carbocycles. The van der Waals surface area contributed by atoms with Gasteiger partial charge in [-0.1, -0.05) is 60.7 Å². The summed E-state index contributed by atoms with van der Waals surface area (Å²) in [7, 11) is 3.87. The second-order valence-electron chi connectivity index (χ2n) is 10.9. The predicted molar refractivity (Wildman–Crippen MR) is 163 cm³/mol. The van der Waals surface area contributed by atoms with Gasteiger partial charge in [-0.05, 0) is 49.2 Å². The molecule has 0 unspecified atom stereocenters. The number of aromatic nitrogens is 8. The Bertz CT molecular complexity index is 1780. The van der Waals surface area contributed by atoms with Crippen molar-refractivity contribution in [1.82, 2.24) is 44.6 Å². The summed E-state index contributed by atoms with van der Waals surface area (Å²) in [5.41, 5.74) is 6.17. The monoisotopic (exact) mass is 556 g/mol. The van der Waals surface area contributed by atoms with E-state index in [2.05, 4.69) is 66.6 Å². The van der Waals surface area contributed by atoms with Gasteiger partial charge in [0.1, 0.15) is 5.69 Å². The molecule has 4 aromatic heterocycles. The fourth-order valence-electron chi connectivity index (χ4n) is 5.50. The van der Waals surface area contributed by atoms with Crippen molar-refractivity contribution >= 4 is 11.7 Å². The van der Waals surface area contributed by atoms with Gasteiger partial charge < -0.3 is 4.90 Å². The van der Waals surface area contributed by atoms with E-state index in [-0.39, 0.29) is 0 Å². The second-order valence-corrected chi connectivity index (χ2v) is 10.9. The van der Waals surface area contributed by atoms with Crippen molar-refractivity contribution in [2.75, 3.05) is 32.1 Å². The number of nitrogens with one attached hydrogen (secondary N) is 1. The van der Waals surface area contributed by atoms with Crippen LogP contribution in [0.3, 0.4) is 0 Å². The number of hydrogen-bond donors (Lipinski definition) is 1. The molecule has 1 fully saturated rings. The standard InChI is InChI=1S/C32H32N10/c1-40(2)32-36-31-34-28(26(21-42(31)39-32)23-8-4-3-5-9-23)24-13-11-22(12-14-24)20-41-18-15-25(16-19-41)29-35-30(38-37-29)27-10-6-7-17-33-27/h3-14,17,21,25H,15-16,18-20H2,1-2H3,(H,35,37,38). The SMILES string of the molecule is CN(C)c1nc2nc(-c3ccc(CN4CCC(c5n[nH]c(-c6ccccn6)n5)CC4)cc3)c(-c3ccccc3)cn2n1. The summed E-state index contributed by atoms with van der Waals surface area (Å²) < 4.78 is 1.76. The van der Waals surface area contributed by atoms with Gasteiger partial charge in [-0.15, -0.1) is 5.10 Å². The topological polar surface area (TPSA) is 104 Å². The van der Waals surface area contributed by atoms with Crippen LogP contribution in [0.5, 0.6) is 0 Å². The Morgan fingerprint density at radius 3 is 2.38 bits per heavy atom. The highest BCUT2D eigenvalue weighted by Crippen LogP contribution is 2.32. The third-order valence-corrected chi connectivity index (χ3v) is 7.80. The average molecular weight is 557 g/mol. The Balaban J connectivity index is 1.06. The van der Waals surface area contributed by atoms with Crippen LogP contribution in [0.2, 0.25) is 0 Å². The highest BCUT2D eigenvalue weighted by atomic mass is 15.4. The maximum absolute atomic E-state index is 4.96. The number of benzene rings is 2. The third kappa shape index (κ3) is 5.24. The van der Waals surface area contributed by atoms with E-state index in [0.29, 0.717) is 17.6 Å². The Morgan fingerprint density at radius 1 is 0.857 bits per heavy atom. The predicted octanol–water partition coefficient (Wildman–Crippen LogP) is 5.08. The zero-order valence-electron chi connectivity index (χ0n) is 23.7. The molecular weight excluding hydrogens is 524 g/mol. The number of hydrogen-bond acceptors (Lipinski definition) is 8. The molecular formula is C32H32N10. The summed E-state index contributed by atoms with van der Waals surface area (Å²) in [6, 6.07) is 24.9. The number of likely N-dealkylation sites (tertiary alicyclic amines) is 1. The average Bonchev–Trinajstić information content (AvgIpc) is 3.70. The minimum atomic E-state index is 0.361. The molecule has 1 N–H and O–H groups in total. The molecule has 1 aliphatic heterocycles. The van der Waals surface area contributed by atoms with Crippen molar-refractivity contribution in [3.63, 3.8) is 0 Å². The number of pyridine rings is 1. The molecule has 10 heteroatoms. The highest BCUT2D eigenvalue weighted by molar-refractivity contribution is 5.81. The van der Waals surface area contributed by atoms with Crippen LogP contribution < -0.4 is 4.90 Å². The van der Waals surface area contributed by atoms with Crippen LogP contribution in [-0.4, -0.2) is 71.8 Å². The Labute approximate surface area is 244 Å². The summed E-state index contributed by atoms with van der Waals surface area (Å²) in [4.78, 5) is 23.1. The van der Waals surface area contributed by atoms with Crippen LogP contribution in [0.25, 0.3) is 39.7 Å². The molecule has 7 rings (SSSR count). The summed E-state index contributed by atoms with van der Waals surface area (Å²) in [6.07, 6.45) is 5.88. The van der Waals surface area contributed by atoms with Gasteiger partial charge in [0.2, 0.25) is 5.95 Å². The lowest BCUT2D eigenvalue weighted by molar-refractivity contribution is 0.202. The fraction of sp³-hybridized carbons (Fsp3) is 0.250. The number of aromatic amines is 1. The molecule has 0 bridgehead atoms. The molecule has 0 atom stereocenters. The van der Waals surface area contributed by atoms with Crippen molar-refractivity contribution in [3.8, 4) is 33.9 Å². The zero-order valence-corrected chi connectivity index (χ0v) is 23.7. The minimum absolute atomic E-state index is 0.361. The van der Waals surface area contributed by atoms with Gasteiger partial charge in [0.25, 0.3) is 5.78 Å². The molecule has 0 spiro atoms. The van der Waals surface area contributed by atoms with Crippen LogP contribution in [-0.2, 0) is 6.54 Å². The van der Waals surface area contributed by atoms with Gasteiger partial charge in [-0.2, -0.15) is 10.1 Å². The smallest absolute Gasteiger partial charge is 0.254 e. The summed E-state index contributed by atoms with van der Waals surface area (Å²) >= 11 is 0. The number of fused-ring (bicyclic) bond motifs is 1. The van der Waals surface area contributed by atoms with Gasteiger partial charge in [0.15, 0.2) is 11.6 Å². The van der Waals surface area contributed by atoms with Gasteiger partial charge in [-0.3, -0.25) is 15.0 Å². The van der Waals surface area contributed by atoms with E-state index in [4.69, 9.17) is 9.97 Å². The van der Waals surface area contributed by atoms with E-state index < -0.39 is 0 Å². The van der Waals surface area contributed by atoms with Gasteiger partial charge in [0.05, 0.1) is 5.69 Å². The van der Waals surface area contributed by atoms with Crippen molar-refractivity contribution in [1.29, 1.82) is 0 Å². The molecule has 5 heterocycles. The number of anilines is 1. The van der Waals surface area contributed by atoms with Crippen molar-refractivity contribution < 1.29 is 0 Å². The molecule has 0 radical (unpaired) electrons. The van der Waals surface area contributed by atoms with Crippen LogP contribution in [0.1, 0.15) is 30.1 Å². The molecule has 0 amide bonds. The number of H-pyrrole nitrogens is 1. The van der Waals surface area contributed by atoms with Gasteiger partial charge in [0, 0.05) is 50.1 Å². The lowest BCUT2D eigenvalue weighted by Gasteiger charge is -2.30. The van der Waals surface area contributed by atoms with Crippen LogP contribution in [0, 0.1) is 0 Å². The molecule has 6 aromatic rings. The number of rotatable bonds is 7. The number of piperidine rings is 1. The molecule has 1 aliphatic rings. The third-order valence-electron chi connectivity index (χ3n) is 7.80. The maximum atomic E-state index is 4.96. The Kier molecular flexibility index (Phi) is 6.89. The first-order chi connectivity index (χ1) is 20.6. The number of nitrogens with zero attached hydrogens (tertiary/aromatic N) is 9. The first-order valence-corrected chi connectivity index (χ1v) is 14.3. The van der Waals surface area contributed by atoms with Crippen molar-refractivity contribution in [2.24, 2.45) is 0 Å². The largest absolute Gasteiger partial charge is 0.346 e. The Morgan fingerprint density at radius 2 is 1.64 bits per heavy atom. The first kappa shape index (κ1) is 26.0. The van der Waals surface area contributed by atoms with E-state index in [0.717, 1.165) is 72.2 Å². The minimum Gasteiger partial charge on any atom is -0.346 e. The van der Waals surface area contributed by atoms with Crippen LogP contribution in [0.4, 0.5) is 5.95 Å². The van der Waals surface area contributed by atoms with E-state index in [1.54, 1.807) is 10.7 Å². The van der Waals surface area contributed by atoms with E-state index in [1.165, 1.54) is 5.56 Å². The van der Waals surface area contributed by atoms with Gasteiger partial charge >= 0.3 is 0 Å². The lowest BCUT2D eigenvalue weighted by Crippen LogP contribution is -2.32. The molecule has 1 saturated heterocycles. The Hall–Kier alpha value is -4.96. The molecule has 210 valence electrons. The van der Waals surface area contributed by atoms with E-state index >= 15 is 0 Å². The fourth-order valence-corrected chi connectivity index (χ4v) is 5.50. The molecule has 0 aliphatic carbocycles. The van der Waals surface area contributed by atoms with Crippen LogP contribution in [0.15, 0.2) is 85.2 Å².